The number of fused-ring (bicyclic) bond motifs is 6. The standard InChI is InChI=1S/C20H27N5O.C19H25N5O.2C19H22N4.C18H28N4.C15H22N4/c1-3-4-5-17(9-13-26)24-20-19-18(22-15(2)23-20)8-12-25(19)14-16-6-10-21-11-7-16;1-3-4-16(8-12-25)23-19-18-17(21-14(2)22-19)7-11-24(18)13-15-5-9-20-10-6-15;1-13-10-16(13)11-20-19-18-17(21-14(2)22-19)8-9-23(18)12-15-6-4-3-5-7-15;1-14(2)9-11-20-19-18-17(21-15(3)22-19)10-12-23(18)13-16-7-5-4-6-8-16;1-3-4-11-19-18-17-16(20-14(2)21-18)10-12-22(17)13-15-8-6-5-7-9-15;1-3-4-8-16-15-14-13(17-11(2)18-15)7-9-19(14)10-12-5-6-12/h6-8,10-12,17,26H,3-5,9,13-14H2,1-2H3,(H,22,23,24);5-7,9-11,16,25H,3-4,8,12-13H2,1-2H3,(H,21,22,23);3-9,13,16H,10-12H2,1-2H3,(H,20,21,22);4-10,12H,11,13H2,1-3H3,(H,20,21,22);10,12,15H,3-9,11,13H2,1-2H3,(H,19,20,21);7,9,12H,3-6,8,10H2,1-2H3,(H,16,17,18)/t17-;16-;;;;/m00..../s1. The highest BCUT2D eigenvalue weighted by atomic mass is 16.3. The number of nitrogens with zero attached hydrogens (tertiary/aromatic N) is 20. The molecule has 8 N–H and O–H groups in total. The van der Waals surface area contributed by atoms with Crippen molar-refractivity contribution in [3.05, 3.63) is 252 Å². The quantitative estimate of drug-likeness (QED) is 0.0131. The van der Waals surface area contributed by atoms with Gasteiger partial charge in [-0.3, -0.25) is 9.97 Å². The van der Waals surface area contributed by atoms with Gasteiger partial charge in [0, 0.05) is 153 Å². The molecular formula is C110H146N26O2. The van der Waals surface area contributed by atoms with E-state index in [9.17, 15) is 10.2 Å². The van der Waals surface area contributed by atoms with Gasteiger partial charge in [-0.2, -0.15) is 0 Å². The maximum absolute atomic E-state index is 9.41. The number of rotatable bonds is 39. The Morgan fingerprint density at radius 3 is 1.04 bits per heavy atom. The van der Waals surface area contributed by atoms with Crippen LogP contribution in [0.15, 0.2) is 195 Å². The molecule has 0 amide bonds. The molecule has 28 nitrogen and oxygen atoms in total. The van der Waals surface area contributed by atoms with Gasteiger partial charge in [-0.1, -0.05) is 158 Å². The molecule has 3 fully saturated rings. The summed E-state index contributed by atoms with van der Waals surface area (Å²) in [4.78, 5) is 63.4. The van der Waals surface area contributed by atoms with E-state index in [4.69, 9.17) is 0 Å². The number of benzene rings is 2. The minimum atomic E-state index is 0.170. The lowest BCUT2D eigenvalue weighted by Crippen LogP contribution is -2.22. The predicted octanol–water partition coefficient (Wildman–Crippen LogP) is 22.6. The first kappa shape index (κ1) is 101. The van der Waals surface area contributed by atoms with Crippen LogP contribution in [0, 0.1) is 65.2 Å². The van der Waals surface area contributed by atoms with E-state index in [1.165, 1.54) is 116 Å². The molecule has 14 aromatic heterocycles. The van der Waals surface area contributed by atoms with Gasteiger partial charge in [0.05, 0.1) is 33.1 Å². The monoisotopic (exact) mass is 1860 g/mol. The van der Waals surface area contributed by atoms with Gasteiger partial charge in [-0.15, -0.1) is 0 Å². The lowest BCUT2D eigenvalue weighted by atomic mass is 9.89. The second-order valence-corrected chi connectivity index (χ2v) is 37.7. The summed E-state index contributed by atoms with van der Waals surface area (Å²) < 4.78 is 13.5. The van der Waals surface area contributed by atoms with Crippen LogP contribution in [0.5, 0.6) is 0 Å². The zero-order valence-corrected chi connectivity index (χ0v) is 83.6. The molecule has 2 unspecified atom stereocenters. The molecule has 3 aliphatic rings. The summed E-state index contributed by atoms with van der Waals surface area (Å²) >= 11 is 0. The SMILES string of the molecule is CC(C)=CCNc1nc(C)nc2ccn(Cc3ccccc3)c12.CCCCNc1nc(C)nc2ccn(CC3CC3)c12.CCCCNc1nc(C)nc2ccn(CC3CCCCC3)c12.CCCC[C@@H](CCO)Nc1nc(C)nc2ccn(Cc3ccncc3)c12.CCC[C@@H](CCO)Nc1nc(C)nc2ccn(Cc3ccncc3)c12.Cc1nc(NCC2CC2C)c2c(ccn2Cc2ccccc2)n1. The Balaban J connectivity index is 0.000000132. The molecule has 0 spiro atoms. The second kappa shape index (κ2) is 50.8. The Morgan fingerprint density at radius 2 is 0.688 bits per heavy atom. The van der Waals surface area contributed by atoms with Crippen molar-refractivity contribution in [3.8, 4) is 0 Å². The van der Waals surface area contributed by atoms with E-state index in [0.717, 1.165) is 253 Å². The highest BCUT2D eigenvalue weighted by Crippen LogP contribution is 2.39. The van der Waals surface area contributed by atoms with Crippen molar-refractivity contribution in [3.63, 3.8) is 0 Å². The molecule has 0 radical (unpaired) electrons. The average molecular weight is 1860 g/mol. The molecular weight excluding hydrogens is 1720 g/mol. The van der Waals surface area contributed by atoms with E-state index in [0.29, 0.717) is 6.42 Å². The first-order chi connectivity index (χ1) is 67.3. The lowest BCUT2D eigenvalue weighted by molar-refractivity contribution is 0.276. The molecule has 4 atom stereocenters. The van der Waals surface area contributed by atoms with E-state index >= 15 is 0 Å². The van der Waals surface area contributed by atoms with Crippen LogP contribution in [0.2, 0.25) is 0 Å². The molecule has 28 heteroatoms. The fourth-order valence-electron chi connectivity index (χ4n) is 18.1. The normalized spacial score (nSPS) is 14.4. The van der Waals surface area contributed by atoms with Crippen molar-refractivity contribution >= 4 is 101 Å². The number of allylic oxidation sites excluding steroid dienone is 1. The van der Waals surface area contributed by atoms with Gasteiger partial charge in [0.2, 0.25) is 0 Å². The van der Waals surface area contributed by atoms with Crippen molar-refractivity contribution in [2.45, 2.75) is 263 Å². The molecule has 0 aliphatic heterocycles. The number of aliphatic hydroxyl groups excluding tert-OH is 2. The Bertz CT molecular complexity index is 6480. The van der Waals surface area contributed by atoms with Gasteiger partial charge in [-0.05, 0) is 233 Å². The minimum absolute atomic E-state index is 0.170. The van der Waals surface area contributed by atoms with Gasteiger partial charge in [-0.25, -0.2) is 59.8 Å². The van der Waals surface area contributed by atoms with Crippen molar-refractivity contribution in [2.75, 3.05) is 71.3 Å². The van der Waals surface area contributed by atoms with E-state index in [1.807, 2.05) is 109 Å². The van der Waals surface area contributed by atoms with Gasteiger partial charge in [0.25, 0.3) is 0 Å². The highest BCUT2D eigenvalue weighted by molar-refractivity contribution is 5.91. The van der Waals surface area contributed by atoms with Gasteiger partial charge < -0.3 is 69.5 Å². The van der Waals surface area contributed by atoms with Crippen LogP contribution in [-0.2, 0) is 39.3 Å². The third kappa shape index (κ3) is 28.8. The van der Waals surface area contributed by atoms with Crippen molar-refractivity contribution in [1.82, 2.24) is 97.2 Å². The van der Waals surface area contributed by atoms with Crippen LogP contribution in [0.4, 0.5) is 34.9 Å². The molecule has 138 heavy (non-hydrogen) atoms. The highest BCUT2D eigenvalue weighted by Gasteiger charge is 2.33. The number of aliphatic hydroxyl groups is 2. The van der Waals surface area contributed by atoms with Crippen LogP contribution < -0.4 is 31.9 Å². The number of aromatic nitrogens is 20. The number of nitrogens with one attached hydrogen (secondary N) is 6. The maximum atomic E-state index is 9.41. The maximum Gasteiger partial charge on any atom is 0.154 e. The molecule has 0 bridgehead atoms. The summed E-state index contributed by atoms with van der Waals surface area (Å²) in [5.41, 5.74) is 18.7. The fraction of sp³-hybridized carbons (Fsp3) is 0.455. The molecule has 3 aliphatic carbocycles. The average Bonchev–Trinajstić information content (AvgIpc) is 1.62. The zero-order valence-electron chi connectivity index (χ0n) is 83.6. The van der Waals surface area contributed by atoms with Crippen molar-refractivity contribution in [2.24, 2.45) is 23.7 Å². The summed E-state index contributed by atoms with van der Waals surface area (Å²) in [6.07, 6.45) is 44.5. The summed E-state index contributed by atoms with van der Waals surface area (Å²) in [5, 5.41) is 39.8. The topological polar surface area (TPSA) is 323 Å². The minimum Gasteiger partial charge on any atom is -0.396 e. The number of unbranched alkanes of at least 4 members (excludes halogenated alkanes) is 3. The van der Waals surface area contributed by atoms with E-state index in [2.05, 4.69) is 287 Å². The van der Waals surface area contributed by atoms with Crippen molar-refractivity contribution in [1.29, 1.82) is 0 Å². The number of aryl methyl sites for hydroxylation is 6. The summed E-state index contributed by atoms with van der Waals surface area (Å²) in [6.45, 7) is 36.3. The van der Waals surface area contributed by atoms with Gasteiger partial charge in [0.1, 0.15) is 68.0 Å². The summed E-state index contributed by atoms with van der Waals surface area (Å²) in [6, 6.07) is 41.9. The first-order valence-corrected chi connectivity index (χ1v) is 50.5. The molecule has 3 saturated carbocycles. The largest absolute Gasteiger partial charge is 0.396 e. The van der Waals surface area contributed by atoms with Gasteiger partial charge >= 0.3 is 0 Å². The van der Waals surface area contributed by atoms with Crippen LogP contribution in [0.3, 0.4) is 0 Å². The third-order valence-corrected chi connectivity index (χ3v) is 25.7. The number of hydrogen-bond acceptors (Lipinski definition) is 22. The number of pyridine rings is 2. The number of anilines is 6. The molecule has 14 heterocycles. The van der Waals surface area contributed by atoms with E-state index in [1.54, 1.807) is 12.4 Å². The second-order valence-electron chi connectivity index (χ2n) is 37.7. The molecule has 2 aromatic carbocycles. The van der Waals surface area contributed by atoms with E-state index < -0.39 is 0 Å². The van der Waals surface area contributed by atoms with Crippen LogP contribution >= 0.6 is 0 Å². The smallest absolute Gasteiger partial charge is 0.154 e. The van der Waals surface area contributed by atoms with Crippen LogP contribution in [-0.4, -0.2) is 159 Å². The Kier molecular flexibility index (Phi) is 37.1. The molecule has 19 rings (SSSR count). The zero-order chi connectivity index (χ0) is 96.7. The summed E-state index contributed by atoms with van der Waals surface area (Å²) in [7, 11) is 0. The lowest BCUT2D eigenvalue weighted by Gasteiger charge is -2.22. The van der Waals surface area contributed by atoms with Crippen molar-refractivity contribution < 1.29 is 10.2 Å². The third-order valence-electron chi connectivity index (χ3n) is 25.7. The van der Waals surface area contributed by atoms with E-state index in [-0.39, 0.29) is 25.3 Å². The predicted molar refractivity (Wildman–Crippen MR) is 564 cm³/mol. The van der Waals surface area contributed by atoms with Gasteiger partial charge in [0.15, 0.2) is 34.9 Å². The number of hydrogen-bond donors (Lipinski definition) is 8. The fourth-order valence-corrected chi connectivity index (χ4v) is 18.1. The van der Waals surface area contributed by atoms with Crippen LogP contribution in [0.1, 0.15) is 228 Å². The van der Waals surface area contributed by atoms with Crippen LogP contribution in [0.25, 0.3) is 66.2 Å². The molecule has 16 aromatic rings. The Hall–Kier alpha value is -13.1. The summed E-state index contributed by atoms with van der Waals surface area (Å²) in [5.74, 6) is 13.7. The Morgan fingerprint density at radius 1 is 0.362 bits per heavy atom. The first-order valence-electron chi connectivity index (χ1n) is 50.5. The molecule has 0 saturated heterocycles. The molecule has 728 valence electrons. The Labute approximate surface area is 814 Å².